The number of anilines is 1. The molecule has 2 aromatic rings. The molecule has 0 radical (unpaired) electrons. The van der Waals surface area contributed by atoms with E-state index in [1.165, 1.54) is 28.9 Å². The average molecular weight is 324 g/mol. The summed E-state index contributed by atoms with van der Waals surface area (Å²) in [4.78, 5) is 6.88. The molecule has 3 rings (SSSR count). The summed E-state index contributed by atoms with van der Waals surface area (Å²) >= 11 is 0. The Morgan fingerprint density at radius 2 is 1.88 bits per heavy atom. The van der Waals surface area contributed by atoms with Crippen LogP contribution in [0.5, 0.6) is 0 Å². The zero-order chi connectivity index (χ0) is 17.5. The van der Waals surface area contributed by atoms with Gasteiger partial charge < -0.3 is 4.90 Å². The number of aliphatic imine (C=N–C) groups is 1. The second-order valence-corrected chi connectivity index (χ2v) is 7.48. The fourth-order valence-corrected chi connectivity index (χ4v) is 3.54. The van der Waals surface area contributed by atoms with E-state index in [9.17, 15) is 4.39 Å². The number of benzene rings is 2. The van der Waals surface area contributed by atoms with Gasteiger partial charge in [-0.25, -0.2) is 4.39 Å². The van der Waals surface area contributed by atoms with Crippen molar-refractivity contribution >= 4 is 17.6 Å². The van der Waals surface area contributed by atoms with Gasteiger partial charge in [-0.05, 0) is 86.2 Å². The van der Waals surface area contributed by atoms with Crippen molar-refractivity contribution in [2.45, 2.75) is 45.6 Å². The number of hydrogen-bond acceptors (Lipinski definition) is 2. The molecular weight excluding hydrogens is 299 g/mol. The van der Waals surface area contributed by atoms with Crippen LogP contribution in [0.25, 0.3) is 0 Å². The zero-order valence-corrected chi connectivity index (χ0v) is 15.1. The minimum Gasteiger partial charge on any atom is -0.369 e. The third-order valence-corrected chi connectivity index (χ3v) is 5.20. The number of halogens is 1. The van der Waals surface area contributed by atoms with Crippen molar-refractivity contribution in [2.75, 3.05) is 11.9 Å². The van der Waals surface area contributed by atoms with Gasteiger partial charge in [-0.3, -0.25) is 4.99 Å². The molecule has 0 spiro atoms. The predicted octanol–water partition coefficient (Wildman–Crippen LogP) is 5.61. The van der Waals surface area contributed by atoms with Gasteiger partial charge in [0.2, 0.25) is 0 Å². The van der Waals surface area contributed by atoms with Gasteiger partial charge >= 0.3 is 0 Å². The van der Waals surface area contributed by atoms with Gasteiger partial charge in [0, 0.05) is 24.5 Å². The molecule has 1 heterocycles. The second kappa shape index (κ2) is 6.04. The molecule has 0 amide bonds. The molecule has 1 atom stereocenters. The van der Waals surface area contributed by atoms with E-state index in [2.05, 4.69) is 56.8 Å². The molecule has 24 heavy (non-hydrogen) atoms. The lowest BCUT2D eigenvalue weighted by atomic mass is 9.79. The average Bonchev–Trinajstić information content (AvgIpc) is 2.52. The lowest BCUT2D eigenvalue weighted by Crippen LogP contribution is -2.45. The van der Waals surface area contributed by atoms with E-state index in [-0.39, 0.29) is 11.4 Å². The topological polar surface area (TPSA) is 15.6 Å². The highest BCUT2D eigenvalue weighted by Crippen LogP contribution is 2.43. The SMILES string of the molecule is Cc1cc2c(cc1C=Nc1ccc(F)cc1)[C@H](C)CC(C)(C)N2C. The third-order valence-electron chi connectivity index (χ3n) is 5.20. The van der Waals surface area contributed by atoms with Crippen LogP contribution in [0.4, 0.5) is 15.8 Å². The molecule has 1 aliphatic heterocycles. The summed E-state index contributed by atoms with van der Waals surface area (Å²) in [5.74, 6) is 0.281. The van der Waals surface area contributed by atoms with Crippen LogP contribution >= 0.6 is 0 Å². The largest absolute Gasteiger partial charge is 0.369 e. The molecule has 0 bridgehead atoms. The monoisotopic (exact) mass is 324 g/mol. The summed E-state index contributed by atoms with van der Waals surface area (Å²) in [7, 11) is 2.18. The van der Waals surface area contributed by atoms with Crippen molar-refractivity contribution in [1.29, 1.82) is 0 Å². The van der Waals surface area contributed by atoms with E-state index < -0.39 is 0 Å². The Labute approximate surface area is 144 Å². The van der Waals surface area contributed by atoms with Crippen molar-refractivity contribution in [3.05, 3.63) is 58.9 Å². The molecule has 3 heteroatoms. The van der Waals surface area contributed by atoms with E-state index in [1.54, 1.807) is 12.1 Å². The highest BCUT2D eigenvalue weighted by atomic mass is 19.1. The first-order valence-corrected chi connectivity index (χ1v) is 8.46. The van der Waals surface area contributed by atoms with E-state index in [0.29, 0.717) is 5.92 Å². The van der Waals surface area contributed by atoms with Crippen LogP contribution < -0.4 is 4.90 Å². The van der Waals surface area contributed by atoms with Gasteiger partial charge in [0.05, 0.1) is 5.69 Å². The van der Waals surface area contributed by atoms with Crippen molar-refractivity contribution in [2.24, 2.45) is 4.99 Å². The molecule has 0 aliphatic carbocycles. The lowest BCUT2D eigenvalue weighted by molar-refractivity contribution is 0.395. The van der Waals surface area contributed by atoms with Crippen LogP contribution in [0.2, 0.25) is 0 Å². The number of rotatable bonds is 2. The minimum atomic E-state index is -0.238. The van der Waals surface area contributed by atoms with Crippen LogP contribution in [-0.2, 0) is 0 Å². The summed E-state index contributed by atoms with van der Waals surface area (Å²) in [5.41, 5.74) is 5.95. The first-order chi connectivity index (χ1) is 11.3. The van der Waals surface area contributed by atoms with Gasteiger partial charge in [-0.15, -0.1) is 0 Å². The van der Waals surface area contributed by atoms with Gasteiger partial charge in [-0.1, -0.05) is 6.92 Å². The highest BCUT2D eigenvalue weighted by molar-refractivity contribution is 5.85. The molecule has 0 unspecified atom stereocenters. The van der Waals surface area contributed by atoms with E-state index in [1.807, 2.05) is 6.21 Å². The highest BCUT2D eigenvalue weighted by Gasteiger charge is 2.34. The zero-order valence-electron chi connectivity index (χ0n) is 15.1. The Morgan fingerprint density at radius 3 is 2.54 bits per heavy atom. The van der Waals surface area contributed by atoms with Gasteiger partial charge in [-0.2, -0.15) is 0 Å². The Hall–Kier alpha value is -2.16. The Kier molecular flexibility index (Phi) is 4.20. The summed E-state index contributed by atoms with van der Waals surface area (Å²) in [5, 5.41) is 0. The molecule has 126 valence electrons. The second-order valence-electron chi connectivity index (χ2n) is 7.48. The molecular formula is C21H25FN2. The quantitative estimate of drug-likeness (QED) is 0.656. The fraction of sp³-hybridized carbons (Fsp3) is 0.381. The number of aryl methyl sites for hydroxylation is 1. The van der Waals surface area contributed by atoms with E-state index in [0.717, 1.165) is 17.7 Å². The molecule has 2 nitrogen and oxygen atoms in total. The number of nitrogens with zero attached hydrogens (tertiary/aromatic N) is 2. The number of fused-ring (bicyclic) bond motifs is 1. The Balaban J connectivity index is 1.97. The number of hydrogen-bond donors (Lipinski definition) is 0. The smallest absolute Gasteiger partial charge is 0.123 e. The Morgan fingerprint density at radius 1 is 1.21 bits per heavy atom. The van der Waals surface area contributed by atoms with Crippen LogP contribution in [-0.4, -0.2) is 18.8 Å². The first-order valence-electron chi connectivity index (χ1n) is 8.46. The van der Waals surface area contributed by atoms with Crippen LogP contribution in [0, 0.1) is 12.7 Å². The van der Waals surface area contributed by atoms with Crippen molar-refractivity contribution in [1.82, 2.24) is 0 Å². The van der Waals surface area contributed by atoms with Gasteiger partial charge in [0.25, 0.3) is 0 Å². The maximum atomic E-state index is 13.0. The first kappa shape index (κ1) is 16.7. The maximum absolute atomic E-state index is 13.0. The molecule has 0 N–H and O–H groups in total. The molecule has 0 aromatic heterocycles. The summed E-state index contributed by atoms with van der Waals surface area (Å²) in [6, 6.07) is 10.8. The summed E-state index contributed by atoms with van der Waals surface area (Å²) < 4.78 is 13.0. The summed E-state index contributed by atoms with van der Waals surface area (Å²) in [6.45, 7) is 9.01. The maximum Gasteiger partial charge on any atom is 0.123 e. The van der Waals surface area contributed by atoms with E-state index in [4.69, 9.17) is 0 Å². The van der Waals surface area contributed by atoms with Crippen molar-refractivity contribution < 1.29 is 4.39 Å². The summed E-state index contributed by atoms with van der Waals surface area (Å²) in [6.07, 6.45) is 3.02. The standard InChI is InChI=1S/C21H25FN2/c1-14-10-20-19(15(2)12-21(3,4)24(20)5)11-16(14)13-23-18-8-6-17(22)7-9-18/h6-11,13,15H,12H2,1-5H3/t15-/m1/s1. The van der Waals surface area contributed by atoms with Gasteiger partial charge in [0.15, 0.2) is 0 Å². The van der Waals surface area contributed by atoms with Crippen LogP contribution in [0.1, 0.15) is 49.8 Å². The molecule has 2 aromatic carbocycles. The van der Waals surface area contributed by atoms with Crippen LogP contribution in [0.3, 0.4) is 0 Å². The van der Waals surface area contributed by atoms with Crippen molar-refractivity contribution in [3.63, 3.8) is 0 Å². The Bertz CT molecular complexity index is 775. The molecule has 0 fully saturated rings. The molecule has 0 saturated heterocycles. The molecule has 1 aliphatic rings. The van der Waals surface area contributed by atoms with Gasteiger partial charge in [0.1, 0.15) is 5.82 Å². The molecule has 0 saturated carbocycles. The van der Waals surface area contributed by atoms with Crippen LogP contribution in [0.15, 0.2) is 41.4 Å². The lowest BCUT2D eigenvalue weighted by Gasteiger charge is -2.45. The fourth-order valence-electron chi connectivity index (χ4n) is 3.54. The predicted molar refractivity (Wildman–Crippen MR) is 100 cm³/mol. The minimum absolute atomic E-state index is 0.169. The van der Waals surface area contributed by atoms with E-state index >= 15 is 0 Å². The normalized spacial score (nSPS) is 19.6. The van der Waals surface area contributed by atoms with Crippen molar-refractivity contribution in [3.8, 4) is 0 Å². The third kappa shape index (κ3) is 3.08.